The first-order valence-electron chi connectivity index (χ1n) is 3.61. The molecule has 74 valence electrons. The molecular weight excluding hydrogens is 204 g/mol. The van der Waals surface area contributed by atoms with Crippen LogP contribution in [-0.4, -0.2) is 21.8 Å². The van der Waals surface area contributed by atoms with Crippen LogP contribution >= 0.6 is 23.5 Å². The van der Waals surface area contributed by atoms with Gasteiger partial charge in [0, 0.05) is 11.5 Å². The van der Waals surface area contributed by atoms with E-state index in [0.717, 1.165) is 11.3 Å². The zero-order valence-corrected chi connectivity index (χ0v) is 9.10. The highest BCUT2D eigenvalue weighted by Gasteiger charge is 1.93. The van der Waals surface area contributed by atoms with Gasteiger partial charge in [0.05, 0.1) is 0 Å². The zero-order chi connectivity index (χ0) is 10.3. The Morgan fingerprint density at radius 2 is 1.77 bits per heavy atom. The lowest BCUT2D eigenvalue weighted by Crippen LogP contribution is -2.05. The number of hydrogen-bond donors (Lipinski definition) is 4. The van der Waals surface area contributed by atoms with Crippen LogP contribution in [-0.2, 0) is 0 Å². The Labute approximate surface area is 86.5 Å². The Bertz CT molecular complexity index is 225. The van der Waals surface area contributed by atoms with Gasteiger partial charge in [-0.1, -0.05) is 35.2 Å². The highest BCUT2D eigenvalue weighted by Crippen LogP contribution is 2.08. The van der Waals surface area contributed by atoms with E-state index in [-0.39, 0.29) is 10.3 Å². The number of hydrogen-bond acceptors (Lipinski definition) is 4. The fourth-order valence-corrected chi connectivity index (χ4v) is 1.57. The van der Waals surface area contributed by atoms with Crippen LogP contribution in [0.1, 0.15) is 6.92 Å². The Balaban J connectivity index is 3.63. The fraction of sp³-hybridized carbons (Fsp3) is 0.429. The summed E-state index contributed by atoms with van der Waals surface area (Å²) in [5.74, 6) is 1.44. The average molecular weight is 218 g/mol. The van der Waals surface area contributed by atoms with E-state index in [9.17, 15) is 0 Å². The maximum Gasteiger partial charge on any atom is 0.151 e. The van der Waals surface area contributed by atoms with Crippen LogP contribution in [0.25, 0.3) is 0 Å². The second-order valence-electron chi connectivity index (χ2n) is 2.38. The molecule has 4 nitrogen and oxygen atoms in total. The molecule has 0 aliphatic rings. The summed E-state index contributed by atoms with van der Waals surface area (Å²) in [5, 5.41) is 14.2. The third-order valence-electron chi connectivity index (χ3n) is 1.13. The number of thioether (sulfide) groups is 2. The minimum absolute atomic E-state index is 0.128. The summed E-state index contributed by atoms with van der Waals surface area (Å²) in [5.41, 5.74) is 11.5. The molecule has 0 saturated heterocycles. The molecule has 0 heterocycles. The average Bonchev–Trinajstić information content (AvgIpc) is 2.00. The molecule has 0 unspecified atom stereocenters. The first-order valence-corrected chi connectivity index (χ1v) is 5.58. The van der Waals surface area contributed by atoms with Crippen molar-refractivity contribution in [3.63, 3.8) is 0 Å². The first kappa shape index (κ1) is 12.4. The Kier molecular flexibility index (Phi) is 6.52. The molecule has 0 amide bonds. The van der Waals surface area contributed by atoms with Gasteiger partial charge in [0.1, 0.15) is 0 Å². The summed E-state index contributed by atoms with van der Waals surface area (Å²) in [7, 11) is 0. The van der Waals surface area contributed by atoms with Crippen molar-refractivity contribution in [2.24, 2.45) is 11.5 Å². The topological polar surface area (TPSA) is 99.7 Å². The molecule has 0 aliphatic heterocycles. The third-order valence-corrected chi connectivity index (χ3v) is 2.68. The number of nitrogens with one attached hydrogen (secondary N) is 2. The summed E-state index contributed by atoms with van der Waals surface area (Å²) in [6.07, 6.45) is 1.99. The lowest BCUT2D eigenvalue weighted by molar-refractivity contribution is 1.38. The van der Waals surface area contributed by atoms with E-state index in [1.54, 1.807) is 0 Å². The number of nitrogens with two attached hydrogens (primary N) is 2. The molecule has 6 heteroatoms. The normalized spacial score (nSPS) is 11.3. The van der Waals surface area contributed by atoms with Crippen molar-refractivity contribution in [2.45, 2.75) is 6.92 Å². The van der Waals surface area contributed by atoms with Gasteiger partial charge >= 0.3 is 0 Å². The summed E-state index contributed by atoms with van der Waals surface area (Å²) >= 11 is 2.58. The molecule has 6 N–H and O–H groups in total. The molecule has 13 heavy (non-hydrogen) atoms. The molecule has 0 saturated carbocycles. The summed E-state index contributed by atoms with van der Waals surface area (Å²) in [6, 6.07) is 0. The Hall–Kier alpha value is -0.620. The van der Waals surface area contributed by atoms with Crippen molar-refractivity contribution < 1.29 is 0 Å². The van der Waals surface area contributed by atoms with Crippen molar-refractivity contribution in [2.75, 3.05) is 11.5 Å². The van der Waals surface area contributed by atoms with Gasteiger partial charge in [-0.05, 0) is 6.92 Å². The van der Waals surface area contributed by atoms with Gasteiger partial charge < -0.3 is 11.5 Å². The van der Waals surface area contributed by atoms with Crippen LogP contribution in [0.2, 0.25) is 0 Å². The van der Waals surface area contributed by atoms with Gasteiger partial charge in [-0.3, -0.25) is 10.8 Å². The van der Waals surface area contributed by atoms with Gasteiger partial charge in [-0.25, -0.2) is 0 Å². The molecule has 0 aromatic rings. The zero-order valence-electron chi connectivity index (χ0n) is 7.46. The monoisotopic (exact) mass is 218 g/mol. The van der Waals surface area contributed by atoms with Crippen LogP contribution in [0.3, 0.4) is 0 Å². The molecule has 0 bridgehead atoms. The molecule has 0 aromatic carbocycles. The van der Waals surface area contributed by atoms with Crippen LogP contribution in [0.15, 0.2) is 11.6 Å². The molecule has 0 fully saturated rings. The van der Waals surface area contributed by atoms with Crippen molar-refractivity contribution in [3.8, 4) is 0 Å². The van der Waals surface area contributed by atoms with E-state index in [2.05, 4.69) is 0 Å². The highest BCUT2D eigenvalue weighted by atomic mass is 32.2. The molecule has 0 aliphatic carbocycles. The largest absolute Gasteiger partial charge is 0.379 e. The lowest BCUT2D eigenvalue weighted by atomic mass is 10.3. The van der Waals surface area contributed by atoms with Gasteiger partial charge in [0.15, 0.2) is 10.3 Å². The predicted molar refractivity (Wildman–Crippen MR) is 62.5 cm³/mol. The van der Waals surface area contributed by atoms with E-state index in [1.807, 2.05) is 13.0 Å². The summed E-state index contributed by atoms with van der Waals surface area (Å²) in [6.45, 7) is 1.97. The minimum atomic E-state index is 0.128. The second-order valence-corrected chi connectivity index (χ2v) is 4.46. The first-order chi connectivity index (χ1) is 6.02. The van der Waals surface area contributed by atoms with E-state index >= 15 is 0 Å². The number of rotatable bonds is 4. The Morgan fingerprint density at radius 1 is 1.23 bits per heavy atom. The number of amidine groups is 2. The van der Waals surface area contributed by atoms with Gasteiger partial charge in [0.2, 0.25) is 0 Å². The quantitative estimate of drug-likeness (QED) is 0.323. The standard InChI is InChI=1S/C7H14N4S2/c1-5(4-13-7(10)11)2-3-12-6(8)9/h2H,3-4H2,1H3,(H3,8,9)(H3,10,11)/b5-2+. The van der Waals surface area contributed by atoms with Crippen LogP contribution in [0.5, 0.6) is 0 Å². The minimum Gasteiger partial charge on any atom is -0.379 e. The summed E-state index contributed by atoms with van der Waals surface area (Å²) < 4.78 is 0. The highest BCUT2D eigenvalue weighted by molar-refractivity contribution is 8.14. The van der Waals surface area contributed by atoms with Gasteiger partial charge in [-0.15, -0.1) is 0 Å². The molecule has 0 aromatic heterocycles. The van der Waals surface area contributed by atoms with Gasteiger partial charge in [-0.2, -0.15) is 0 Å². The SMILES string of the molecule is C/C(=C\CSC(=N)N)CSC(=N)N. The van der Waals surface area contributed by atoms with Crippen molar-refractivity contribution in [1.82, 2.24) is 0 Å². The van der Waals surface area contributed by atoms with E-state index in [4.69, 9.17) is 22.3 Å². The van der Waals surface area contributed by atoms with Crippen LogP contribution in [0.4, 0.5) is 0 Å². The Morgan fingerprint density at radius 3 is 2.23 bits per heavy atom. The second kappa shape index (κ2) is 6.85. The fourth-order valence-electron chi connectivity index (χ4n) is 0.524. The molecular formula is C7H14N4S2. The van der Waals surface area contributed by atoms with Crippen molar-refractivity contribution >= 4 is 33.9 Å². The molecule has 0 rings (SSSR count). The molecule has 0 radical (unpaired) electrons. The predicted octanol–water partition coefficient (Wildman–Crippen LogP) is 1.19. The van der Waals surface area contributed by atoms with Gasteiger partial charge in [0.25, 0.3) is 0 Å². The van der Waals surface area contributed by atoms with Crippen LogP contribution in [0, 0.1) is 10.8 Å². The smallest absolute Gasteiger partial charge is 0.151 e. The maximum atomic E-state index is 6.99. The van der Waals surface area contributed by atoms with E-state index < -0.39 is 0 Å². The van der Waals surface area contributed by atoms with E-state index in [0.29, 0.717) is 5.75 Å². The molecule has 0 spiro atoms. The van der Waals surface area contributed by atoms with Crippen molar-refractivity contribution in [3.05, 3.63) is 11.6 Å². The third kappa shape index (κ3) is 9.29. The van der Waals surface area contributed by atoms with Crippen LogP contribution < -0.4 is 11.5 Å². The van der Waals surface area contributed by atoms with Crippen molar-refractivity contribution in [1.29, 1.82) is 10.8 Å². The lowest BCUT2D eigenvalue weighted by Gasteiger charge is -1.99. The summed E-state index contributed by atoms with van der Waals surface area (Å²) in [4.78, 5) is 0. The maximum absolute atomic E-state index is 6.99. The van der Waals surface area contributed by atoms with E-state index in [1.165, 1.54) is 23.5 Å². The molecule has 0 atom stereocenters.